The Morgan fingerprint density at radius 2 is 2.00 bits per heavy atom. The lowest BCUT2D eigenvalue weighted by Crippen LogP contribution is -2.24. The van der Waals surface area contributed by atoms with Gasteiger partial charge >= 0.3 is 0 Å². The van der Waals surface area contributed by atoms with Gasteiger partial charge in [-0.15, -0.1) is 0 Å². The smallest absolute Gasteiger partial charge is 0.128 e. The van der Waals surface area contributed by atoms with Gasteiger partial charge in [0.15, 0.2) is 0 Å². The molecule has 1 atom stereocenters. The third-order valence-corrected chi connectivity index (χ3v) is 3.40. The van der Waals surface area contributed by atoms with Crippen molar-refractivity contribution in [2.24, 2.45) is 0 Å². The van der Waals surface area contributed by atoms with Crippen molar-refractivity contribution in [1.29, 1.82) is 0 Å². The molecule has 0 saturated heterocycles. The van der Waals surface area contributed by atoms with Crippen LogP contribution in [0, 0.1) is 11.6 Å². The molecule has 1 N–H and O–H groups in total. The maximum absolute atomic E-state index is 14.0. The van der Waals surface area contributed by atoms with Crippen molar-refractivity contribution in [2.75, 3.05) is 7.05 Å². The summed E-state index contributed by atoms with van der Waals surface area (Å²) in [6, 6.07) is 2.87. The predicted molar refractivity (Wildman–Crippen MR) is 74.9 cm³/mol. The van der Waals surface area contributed by atoms with Gasteiger partial charge in [0, 0.05) is 11.6 Å². The molecule has 3 nitrogen and oxygen atoms in total. The third kappa shape index (κ3) is 2.69. The normalized spacial score (nSPS) is 12.9. The first kappa shape index (κ1) is 14.9. The molecule has 0 fully saturated rings. The molecule has 108 valence electrons. The molecular formula is C14H16ClF2N3. The highest BCUT2D eigenvalue weighted by atomic mass is 35.5. The van der Waals surface area contributed by atoms with Crippen LogP contribution in [0.15, 0.2) is 24.4 Å². The summed E-state index contributed by atoms with van der Waals surface area (Å²) in [5, 5.41) is 7.58. The van der Waals surface area contributed by atoms with E-state index in [1.807, 2.05) is 13.8 Å². The largest absolute Gasteiger partial charge is 0.308 e. The first-order valence-corrected chi connectivity index (χ1v) is 6.68. The van der Waals surface area contributed by atoms with Crippen LogP contribution in [0.5, 0.6) is 0 Å². The van der Waals surface area contributed by atoms with Crippen molar-refractivity contribution in [3.63, 3.8) is 0 Å². The van der Waals surface area contributed by atoms with E-state index >= 15 is 0 Å². The summed E-state index contributed by atoms with van der Waals surface area (Å²) >= 11 is 6.17. The lowest BCUT2D eigenvalue weighted by molar-refractivity contribution is 0.474. The van der Waals surface area contributed by atoms with Crippen molar-refractivity contribution in [3.8, 4) is 0 Å². The number of nitrogens with zero attached hydrogens (tertiary/aromatic N) is 2. The van der Waals surface area contributed by atoms with Gasteiger partial charge in [-0.05, 0) is 39.1 Å². The quantitative estimate of drug-likeness (QED) is 0.933. The average molecular weight is 300 g/mol. The Kier molecular flexibility index (Phi) is 4.40. The molecular weight excluding hydrogens is 284 g/mol. The molecule has 0 aliphatic rings. The highest BCUT2D eigenvalue weighted by molar-refractivity contribution is 6.31. The Bertz CT molecular complexity index is 610. The first-order valence-electron chi connectivity index (χ1n) is 6.30. The van der Waals surface area contributed by atoms with Crippen molar-refractivity contribution >= 4 is 11.6 Å². The lowest BCUT2D eigenvalue weighted by atomic mass is 10.0. The topological polar surface area (TPSA) is 29.9 Å². The zero-order valence-electron chi connectivity index (χ0n) is 11.5. The van der Waals surface area contributed by atoms with E-state index in [0.717, 1.165) is 12.1 Å². The first-order chi connectivity index (χ1) is 9.45. The molecule has 0 saturated carbocycles. The summed E-state index contributed by atoms with van der Waals surface area (Å²) in [5.41, 5.74) is 0.825. The van der Waals surface area contributed by atoms with Crippen LogP contribution in [0.1, 0.15) is 37.2 Å². The zero-order valence-corrected chi connectivity index (χ0v) is 12.2. The van der Waals surface area contributed by atoms with Crippen molar-refractivity contribution in [1.82, 2.24) is 15.1 Å². The SMILES string of the molecule is CNC(c1cc(F)ccc1F)c1c(Cl)cnn1C(C)C. The predicted octanol–water partition coefficient (Wildman–Crippen LogP) is 3.70. The third-order valence-electron chi connectivity index (χ3n) is 3.11. The van der Waals surface area contributed by atoms with E-state index in [4.69, 9.17) is 11.6 Å². The van der Waals surface area contributed by atoms with E-state index in [1.54, 1.807) is 11.7 Å². The molecule has 0 aliphatic carbocycles. The molecule has 2 rings (SSSR count). The summed E-state index contributed by atoms with van der Waals surface area (Å²) in [6.45, 7) is 3.89. The van der Waals surface area contributed by atoms with E-state index in [1.165, 1.54) is 12.3 Å². The summed E-state index contributed by atoms with van der Waals surface area (Å²) in [4.78, 5) is 0. The fourth-order valence-corrected chi connectivity index (χ4v) is 2.45. The lowest BCUT2D eigenvalue weighted by Gasteiger charge is -2.21. The standard InChI is InChI=1S/C14H16ClF2N3/c1-8(2)20-14(11(15)7-19-20)13(18-3)10-6-9(16)4-5-12(10)17/h4-8,13,18H,1-3H3. The monoisotopic (exact) mass is 299 g/mol. The van der Waals surface area contributed by atoms with Gasteiger partial charge < -0.3 is 5.32 Å². The molecule has 1 aromatic heterocycles. The minimum atomic E-state index is -0.567. The Morgan fingerprint density at radius 3 is 2.60 bits per heavy atom. The van der Waals surface area contributed by atoms with Crippen LogP contribution >= 0.6 is 11.6 Å². The molecule has 1 unspecified atom stereocenters. The summed E-state index contributed by atoms with van der Waals surface area (Å²) in [5.74, 6) is -0.980. The number of rotatable bonds is 4. The maximum atomic E-state index is 14.0. The average Bonchev–Trinajstić information content (AvgIpc) is 2.77. The fourth-order valence-electron chi connectivity index (χ4n) is 2.21. The highest BCUT2D eigenvalue weighted by Gasteiger charge is 2.24. The Balaban J connectivity index is 2.58. The Labute approximate surface area is 121 Å². The number of halogens is 3. The van der Waals surface area contributed by atoms with Gasteiger partial charge in [0.25, 0.3) is 0 Å². The van der Waals surface area contributed by atoms with Crippen molar-refractivity contribution in [2.45, 2.75) is 25.9 Å². The summed E-state index contributed by atoms with van der Waals surface area (Å²) in [6.07, 6.45) is 1.51. The summed E-state index contributed by atoms with van der Waals surface area (Å²) < 4.78 is 29.1. The highest BCUT2D eigenvalue weighted by Crippen LogP contribution is 2.31. The van der Waals surface area contributed by atoms with E-state index < -0.39 is 17.7 Å². The fraction of sp³-hybridized carbons (Fsp3) is 0.357. The molecule has 2 aromatic rings. The number of hydrogen-bond acceptors (Lipinski definition) is 2. The van der Waals surface area contributed by atoms with Gasteiger partial charge in [-0.2, -0.15) is 5.10 Å². The minimum absolute atomic E-state index is 0.0602. The van der Waals surface area contributed by atoms with Gasteiger partial charge in [-0.3, -0.25) is 4.68 Å². The molecule has 0 spiro atoms. The van der Waals surface area contributed by atoms with Gasteiger partial charge in [0.2, 0.25) is 0 Å². The van der Waals surface area contributed by atoms with Gasteiger partial charge in [-0.1, -0.05) is 11.6 Å². The van der Waals surface area contributed by atoms with Crippen LogP contribution in [-0.2, 0) is 0 Å². The zero-order chi connectivity index (χ0) is 14.9. The van der Waals surface area contributed by atoms with Gasteiger partial charge in [-0.25, -0.2) is 8.78 Å². The van der Waals surface area contributed by atoms with Crippen LogP contribution in [0.2, 0.25) is 5.02 Å². The van der Waals surface area contributed by atoms with E-state index in [0.29, 0.717) is 10.7 Å². The molecule has 1 aromatic carbocycles. The minimum Gasteiger partial charge on any atom is -0.308 e. The number of aromatic nitrogens is 2. The maximum Gasteiger partial charge on any atom is 0.128 e. The van der Waals surface area contributed by atoms with Crippen LogP contribution in [0.25, 0.3) is 0 Å². The van der Waals surface area contributed by atoms with E-state index in [-0.39, 0.29) is 11.6 Å². The van der Waals surface area contributed by atoms with Crippen LogP contribution < -0.4 is 5.32 Å². The molecule has 6 heteroatoms. The van der Waals surface area contributed by atoms with Gasteiger partial charge in [0.05, 0.1) is 23.0 Å². The molecule has 20 heavy (non-hydrogen) atoms. The summed E-state index contributed by atoms with van der Waals surface area (Å²) in [7, 11) is 1.67. The van der Waals surface area contributed by atoms with E-state index in [2.05, 4.69) is 10.4 Å². The van der Waals surface area contributed by atoms with Crippen LogP contribution in [0.4, 0.5) is 8.78 Å². The van der Waals surface area contributed by atoms with E-state index in [9.17, 15) is 8.78 Å². The van der Waals surface area contributed by atoms with Crippen LogP contribution in [-0.4, -0.2) is 16.8 Å². The second kappa shape index (κ2) is 5.89. The van der Waals surface area contributed by atoms with Crippen LogP contribution in [0.3, 0.4) is 0 Å². The second-order valence-electron chi connectivity index (χ2n) is 4.80. The Hall–Kier alpha value is -1.46. The van der Waals surface area contributed by atoms with Crippen molar-refractivity contribution in [3.05, 3.63) is 52.3 Å². The number of hydrogen-bond donors (Lipinski definition) is 1. The molecule has 0 radical (unpaired) electrons. The number of nitrogens with one attached hydrogen (secondary N) is 1. The molecule has 0 amide bonds. The second-order valence-corrected chi connectivity index (χ2v) is 5.21. The van der Waals surface area contributed by atoms with Crippen molar-refractivity contribution < 1.29 is 8.78 Å². The molecule has 1 heterocycles. The molecule has 0 bridgehead atoms. The molecule has 0 aliphatic heterocycles. The van der Waals surface area contributed by atoms with Gasteiger partial charge in [0.1, 0.15) is 11.6 Å². The Morgan fingerprint density at radius 1 is 1.30 bits per heavy atom. The number of benzene rings is 1.